The zero-order valence-corrected chi connectivity index (χ0v) is 12.2. The smallest absolute Gasteiger partial charge is 0.120 e. The minimum absolute atomic E-state index is 0.307. The van der Waals surface area contributed by atoms with Crippen LogP contribution in [-0.4, -0.2) is 42.1 Å². The molecular formula is C14H24N2OS. The van der Waals surface area contributed by atoms with Crippen molar-refractivity contribution in [3.8, 4) is 0 Å². The Kier molecular flexibility index (Phi) is 5.60. The average molecular weight is 268 g/mol. The van der Waals surface area contributed by atoms with Crippen molar-refractivity contribution in [1.82, 2.24) is 10.2 Å². The molecule has 0 aliphatic carbocycles. The standard InChI is InChI=1S/C14H24N2OS/c1-3-13-11-16(8-10-18-13)7-6-15-12(2)14-5-4-9-17-14/h4-5,9,12-13,15H,3,6-8,10-11H2,1-2H3. The molecule has 2 rings (SSSR count). The molecule has 1 aromatic rings. The molecule has 1 fully saturated rings. The van der Waals surface area contributed by atoms with Gasteiger partial charge in [0, 0.05) is 37.2 Å². The molecule has 4 heteroatoms. The summed E-state index contributed by atoms with van der Waals surface area (Å²) in [5, 5.41) is 4.36. The lowest BCUT2D eigenvalue weighted by molar-refractivity contribution is 0.274. The highest BCUT2D eigenvalue weighted by molar-refractivity contribution is 8.00. The lowest BCUT2D eigenvalue weighted by Crippen LogP contribution is -2.41. The number of nitrogens with zero attached hydrogens (tertiary/aromatic N) is 1. The molecule has 1 N–H and O–H groups in total. The van der Waals surface area contributed by atoms with Crippen LogP contribution in [0, 0.1) is 0 Å². The normalized spacial score (nSPS) is 23.1. The third-order valence-corrected chi connectivity index (χ3v) is 4.90. The molecule has 1 aliphatic rings. The number of thioether (sulfide) groups is 1. The van der Waals surface area contributed by atoms with Crippen LogP contribution in [-0.2, 0) is 0 Å². The fourth-order valence-corrected chi connectivity index (χ4v) is 3.56. The largest absolute Gasteiger partial charge is 0.468 e. The molecular weight excluding hydrogens is 244 g/mol. The van der Waals surface area contributed by atoms with E-state index in [4.69, 9.17) is 4.42 Å². The molecule has 1 saturated heterocycles. The highest BCUT2D eigenvalue weighted by Gasteiger charge is 2.18. The Labute approximate surface area is 114 Å². The van der Waals surface area contributed by atoms with Crippen molar-refractivity contribution < 1.29 is 4.42 Å². The second-order valence-corrected chi connectivity index (χ2v) is 6.30. The highest BCUT2D eigenvalue weighted by atomic mass is 32.2. The van der Waals surface area contributed by atoms with Crippen molar-refractivity contribution in [1.29, 1.82) is 0 Å². The van der Waals surface area contributed by atoms with Crippen LogP contribution in [0.25, 0.3) is 0 Å². The van der Waals surface area contributed by atoms with E-state index in [0.717, 1.165) is 24.1 Å². The summed E-state index contributed by atoms with van der Waals surface area (Å²) in [6, 6.07) is 4.28. The van der Waals surface area contributed by atoms with Crippen LogP contribution in [0.1, 0.15) is 32.1 Å². The van der Waals surface area contributed by atoms with Gasteiger partial charge in [-0.05, 0) is 25.5 Å². The summed E-state index contributed by atoms with van der Waals surface area (Å²) >= 11 is 2.13. The minimum Gasteiger partial charge on any atom is -0.468 e. The molecule has 18 heavy (non-hydrogen) atoms. The van der Waals surface area contributed by atoms with Crippen LogP contribution in [0.3, 0.4) is 0 Å². The van der Waals surface area contributed by atoms with Crippen LogP contribution >= 0.6 is 11.8 Å². The highest BCUT2D eigenvalue weighted by Crippen LogP contribution is 2.20. The molecule has 0 amide bonds. The van der Waals surface area contributed by atoms with Crippen molar-refractivity contribution in [2.24, 2.45) is 0 Å². The molecule has 0 saturated carbocycles. The number of nitrogens with one attached hydrogen (secondary N) is 1. The topological polar surface area (TPSA) is 28.4 Å². The van der Waals surface area contributed by atoms with Gasteiger partial charge in [0.1, 0.15) is 5.76 Å². The summed E-state index contributed by atoms with van der Waals surface area (Å²) < 4.78 is 5.39. The van der Waals surface area contributed by atoms with Gasteiger partial charge >= 0.3 is 0 Å². The van der Waals surface area contributed by atoms with Crippen molar-refractivity contribution in [3.05, 3.63) is 24.2 Å². The summed E-state index contributed by atoms with van der Waals surface area (Å²) in [6.45, 7) is 9.10. The maximum atomic E-state index is 5.39. The Morgan fingerprint density at radius 3 is 3.22 bits per heavy atom. The van der Waals surface area contributed by atoms with Crippen molar-refractivity contribution in [2.75, 3.05) is 31.9 Å². The van der Waals surface area contributed by atoms with E-state index in [1.807, 2.05) is 12.1 Å². The third-order valence-electron chi connectivity index (χ3n) is 3.53. The molecule has 0 radical (unpaired) electrons. The summed E-state index contributed by atoms with van der Waals surface area (Å²) in [5.41, 5.74) is 0. The Hall–Kier alpha value is -0.450. The van der Waals surface area contributed by atoms with E-state index in [1.54, 1.807) is 6.26 Å². The van der Waals surface area contributed by atoms with Gasteiger partial charge in [-0.25, -0.2) is 0 Å². The van der Waals surface area contributed by atoms with Gasteiger partial charge in [-0.15, -0.1) is 0 Å². The van der Waals surface area contributed by atoms with Gasteiger partial charge in [-0.1, -0.05) is 6.92 Å². The van der Waals surface area contributed by atoms with E-state index in [2.05, 4.69) is 35.8 Å². The summed E-state index contributed by atoms with van der Waals surface area (Å²) in [7, 11) is 0. The van der Waals surface area contributed by atoms with Gasteiger partial charge in [0.25, 0.3) is 0 Å². The van der Waals surface area contributed by atoms with Gasteiger partial charge in [0.15, 0.2) is 0 Å². The van der Waals surface area contributed by atoms with Gasteiger partial charge in [0.2, 0.25) is 0 Å². The van der Waals surface area contributed by atoms with E-state index in [9.17, 15) is 0 Å². The van der Waals surface area contributed by atoms with Crippen LogP contribution < -0.4 is 5.32 Å². The fraction of sp³-hybridized carbons (Fsp3) is 0.714. The Balaban J connectivity index is 1.66. The fourth-order valence-electron chi connectivity index (χ4n) is 2.31. The first-order valence-corrected chi connectivity index (χ1v) is 7.95. The molecule has 2 atom stereocenters. The number of furan rings is 1. The molecule has 0 bridgehead atoms. The van der Waals surface area contributed by atoms with Crippen LogP contribution in [0.5, 0.6) is 0 Å². The van der Waals surface area contributed by atoms with Crippen molar-refractivity contribution >= 4 is 11.8 Å². The molecule has 1 aliphatic heterocycles. The second kappa shape index (κ2) is 7.22. The SMILES string of the molecule is CCC1CN(CCNC(C)c2ccco2)CCS1. The maximum Gasteiger partial charge on any atom is 0.120 e. The predicted octanol–water partition coefficient (Wildman–Crippen LogP) is 2.76. The first kappa shape index (κ1) is 14.0. The van der Waals surface area contributed by atoms with Crippen molar-refractivity contribution in [3.63, 3.8) is 0 Å². The minimum atomic E-state index is 0.307. The molecule has 2 unspecified atom stereocenters. The molecule has 0 aromatic carbocycles. The zero-order chi connectivity index (χ0) is 12.8. The van der Waals surface area contributed by atoms with Gasteiger partial charge in [-0.3, -0.25) is 0 Å². The van der Waals surface area contributed by atoms with E-state index in [1.165, 1.54) is 25.3 Å². The number of rotatable bonds is 6. The third kappa shape index (κ3) is 4.04. The van der Waals surface area contributed by atoms with E-state index in [0.29, 0.717) is 6.04 Å². The summed E-state index contributed by atoms with van der Waals surface area (Å²) in [5.74, 6) is 2.31. The van der Waals surface area contributed by atoms with E-state index < -0.39 is 0 Å². The first-order chi connectivity index (χ1) is 8.79. The Morgan fingerprint density at radius 1 is 1.61 bits per heavy atom. The molecule has 0 spiro atoms. The molecule has 1 aromatic heterocycles. The maximum absolute atomic E-state index is 5.39. The predicted molar refractivity (Wildman–Crippen MR) is 78.1 cm³/mol. The van der Waals surface area contributed by atoms with Gasteiger partial charge in [0.05, 0.1) is 12.3 Å². The van der Waals surface area contributed by atoms with E-state index >= 15 is 0 Å². The number of hydrogen-bond donors (Lipinski definition) is 1. The molecule has 3 nitrogen and oxygen atoms in total. The summed E-state index contributed by atoms with van der Waals surface area (Å²) in [4.78, 5) is 2.58. The molecule has 102 valence electrons. The van der Waals surface area contributed by atoms with Crippen LogP contribution in [0.15, 0.2) is 22.8 Å². The monoisotopic (exact) mass is 268 g/mol. The number of hydrogen-bond acceptors (Lipinski definition) is 4. The quantitative estimate of drug-likeness (QED) is 0.859. The van der Waals surface area contributed by atoms with Gasteiger partial charge in [-0.2, -0.15) is 11.8 Å². The van der Waals surface area contributed by atoms with E-state index in [-0.39, 0.29) is 0 Å². The lowest BCUT2D eigenvalue weighted by atomic mass is 10.2. The summed E-state index contributed by atoms with van der Waals surface area (Å²) in [6.07, 6.45) is 3.03. The Morgan fingerprint density at radius 2 is 2.50 bits per heavy atom. The lowest BCUT2D eigenvalue weighted by Gasteiger charge is -2.32. The van der Waals surface area contributed by atoms with Crippen LogP contribution in [0.4, 0.5) is 0 Å². The first-order valence-electron chi connectivity index (χ1n) is 6.90. The zero-order valence-electron chi connectivity index (χ0n) is 11.4. The Bertz CT molecular complexity index is 329. The average Bonchev–Trinajstić information content (AvgIpc) is 2.93. The van der Waals surface area contributed by atoms with Gasteiger partial charge < -0.3 is 14.6 Å². The molecule has 2 heterocycles. The van der Waals surface area contributed by atoms with Crippen LogP contribution in [0.2, 0.25) is 0 Å². The second-order valence-electron chi connectivity index (χ2n) is 4.89. The van der Waals surface area contributed by atoms with Crippen molar-refractivity contribution in [2.45, 2.75) is 31.6 Å².